The highest BCUT2D eigenvalue weighted by atomic mass is 32.2. The first-order chi connectivity index (χ1) is 19.2. The maximum Gasteiger partial charge on any atom is 0.264 e. The summed E-state index contributed by atoms with van der Waals surface area (Å²) in [6, 6.07) is 19.1. The smallest absolute Gasteiger partial charge is 0.264 e. The van der Waals surface area contributed by atoms with Gasteiger partial charge in [-0.25, -0.2) is 12.8 Å². The predicted molar refractivity (Wildman–Crippen MR) is 153 cm³/mol. The number of nitrogens with one attached hydrogen (secondary N) is 1. The molecule has 2 amide bonds. The molecule has 0 heterocycles. The van der Waals surface area contributed by atoms with Crippen molar-refractivity contribution < 1.29 is 27.1 Å². The number of carbonyl (C=O) groups is 2. The summed E-state index contributed by atoms with van der Waals surface area (Å²) in [5.41, 5.74) is 0.876. The van der Waals surface area contributed by atoms with Gasteiger partial charge in [-0.1, -0.05) is 44.2 Å². The summed E-state index contributed by atoms with van der Waals surface area (Å²) in [4.78, 5) is 28.4. The molecule has 0 aliphatic carbocycles. The molecule has 0 fully saturated rings. The molecular weight excluding hydrogens is 533 g/mol. The molecule has 8 nitrogen and oxygen atoms in total. The molecular formula is C30H36FN3O5S. The molecule has 0 unspecified atom stereocenters. The number of sulfonamides is 1. The second kappa shape index (κ2) is 14.5. The predicted octanol–water partition coefficient (Wildman–Crippen LogP) is 4.75. The number of ether oxygens (including phenoxy) is 1. The van der Waals surface area contributed by atoms with Crippen LogP contribution >= 0.6 is 0 Å². The van der Waals surface area contributed by atoms with Crippen molar-refractivity contribution >= 4 is 27.5 Å². The lowest BCUT2D eigenvalue weighted by molar-refractivity contribution is -0.140. The average molecular weight is 570 g/mol. The Morgan fingerprint density at radius 3 is 2.15 bits per heavy atom. The molecule has 40 heavy (non-hydrogen) atoms. The first-order valence-electron chi connectivity index (χ1n) is 13.3. The summed E-state index contributed by atoms with van der Waals surface area (Å²) < 4.78 is 47.7. The molecule has 214 valence electrons. The Bertz CT molecular complexity index is 1350. The Balaban J connectivity index is 2.03. The van der Waals surface area contributed by atoms with E-state index in [1.807, 2.05) is 13.8 Å². The van der Waals surface area contributed by atoms with Gasteiger partial charge in [-0.3, -0.25) is 13.9 Å². The van der Waals surface area contributed by atoms with Crippen molar-refractivity contribution in [1.29, 1.82) is 0 Å². The van der Waals surface area contributed by atoms with E-state index >= 15 is 0 Å². The van der Waals surface area contributed by atoms with Crippen molar-refractivity contribution in [3.8, 4) is 5.75 Å². The molecule has 3 aromatic rings. The summed E-state index contributed by atoms with van der Waals surface area (Å²) >= 11 is 0. The Kier molecular flexibility index (Phi) is 11.1. The van der Waals surface area contributed by atoms with E-state index in [0.29, 0.717) is 30.9 Å². The van der Waals surface area contributed by atoms with E-state index in [4.69, 9.17) is 4.74 Å². The summed E-state index contributed by atoms with van der Waals surface area (Å²) in [5, 5.41) is 2.83. The Hall–Kier alpha value is -3.92. The van der Waals surface area contributed by atoms with Crippen LogP contribution in [-0.2, 0) is 26.2 Å². The average Bonchev–Trinajstić information content (AvgIpc) is 2.96. The van der Waals surface area contributed by atoms with E-state index < -0.39 is 34.3 Å². The summed E-state index contributed by atoms with van der Waals surface area (Å²) in [7, 11) is -4.16. The summed E-state index contributed by atoms with van der Waals surface area (Å²) in [6.45, 7) is 5.88. The lowest BCUT2D eigenvalue weighted by Gasteiger charge is -2.33. The molecule has 0 radical (unpaired) electrons. The van der Waals surface area contributed by atoms with Crippen LogP contribution in [0.5, 0.6) is 5.75 Å². The molecule has 1 N–H and O–H groups in total. The Morgan fingerprint density at radius 1 is 0.925 bits per heavy atom. The van der Waals surface area contributed by atoms with Crippen LogP contribution in [0, 0.1) is 5.82 Å². The van der Waals surface area contributed by atoms with Crippen molar-refractivity contribution in [2.24, 2.45) is 0 Å². The van der Waals surface area contributed by atoms with Crippen molar-refractivity contribution in [2.75, 3.05) is 24.0 Å². The molecule has 0 spiro atoms. The van der Waals surface area contributed by atoms with Gasteiger partial charge in [0.25, 0.3) is 10.0 Å². The molecule has 10 heteroatoms. The fourth-order valence-electron chi connectivity index (χ4n) is 4.20. The van der Waals surface area contributed by atoms with Gasteiger partial charge in [0.1, 0.15) is 24.2 Å². The second-order valence-electron chi connectivity index (χ2n) is 9.11. The van der Waals surface area contributed by atoms with Crippen LogP contribution in [0.4, 0.5) is 10.1 Å². The van der Waals surface area contributed by atoms with Crippen LogP contribution in [0.3, 0.4) is 0 Å². The van der Waals surface area contributed by atoms with Gasteiger partial charge in [-0.05, 0) is 73.9 Å². The van der Waals surface area contributed by atoms with Gasteiger partial charge in [0.15, 0.2) is 0 Å². The van der Waals surface area contributed by atoms with E-state index in [0.717, 1.165) is 10.7 Å². The number of rotatable bonds is 14. The molecule has 0 saturated heterocycles. The molecule has 0 aliphatic heterocycles. The SMILES string of the molecule is CCCNC(=O)[C@H](CC)N(Cc1ccc(F)cc1)C(=O)CN(c1ccc(OCC)cc1)S(=O)(=O)c1ccccc1. The van der Waals surface area contributed by atoms with Crippen LogP contribution in [0.2, 0.25) is 0 Å². The number of hydrogen-bond acceptors (Lipinski definition) is 5. The fraction of sp³-hybridized carbons (Fsp3) is 0.333. The molecule has 0 bridgehead atoms. The van der Waals surface area contributed by atoms with E-state index in [2.05, 4.69) is 5.32 Å². The lowest BCUT2D eigenvalue weighted by atomic mass is 10.1. The summed E-state index contributed by atoms with van der Waals surface area (Å²) in [5.74, 6) is -0.772. The highest BCUT2D eigenvalue weighted by molar-refractivity contribution is 7.92. The highest BCUT2D eigenvalue weighted by Crippen LogP contribution is 2.27. The third kappa shape index (κ3) is 7.81. The minimum absolute atomic E-state index is 0.000330. The normalized spacial score (nSPS) is 11.9. The zero-order chi connectivity index (χ0) is 29.1. The maximum absolute atomic E-state index is 14.0. The van der Waals surface area contributed by atoms with Gasteiger partial charge in [-0.2, -0.15) is 0 Å². The van der Waals surface area contributed by atoms with Gasteiger partial charge < -0.3 is 15.0 Å². The quantitative estimate of drug-likeness (QED) is 0.302. The number of halogens is 1. The van der Waals surface area contributed by atoms with Crippen LogP contribution in [0.15, 0.2) is 83.8 Å². The number of hydrogen-bond donors (Lipinski definition) is 1. The van der Waals surface area contributed by atoms with Gasteiger partial charge in [0.2, 0.25) is 11.8 Å². The van der Waals surface area contributed by atoms with Gasteiger partial charge in [0.05, 0.1) is 17.2 Å². The molecule has 0 aromatic heterocycles. The van der Waals surface area contributed by atoms with Crippen LogP contribution < -0.4 is 14.4 Å². The van der Waals surface area contributed by atoms with Crippen molar-refractivity contribution in [1.82, 2.24) is 10.2 Å². The lowest BCUT2D eigenvalue weighted by Crippen LogP contribution is -2.52. The van der Waals surface area contributed by atoms with Crippen molar-refractivity contribution in [3.63, 3.8) is 0 Å². The van der Waals surface area contributed by atoms with Gasteiger partial charge in [-0.15, -0.1) is 0 Å². The highest BCUT2D eigenvalue weighted by Gasteiger charge is 2.33. The van der Waals surface area contributed by atoms with E-state index in [1.54, 1.807) is 49.4 Å². The Morgan fingerprint density at radius 2 is 1.57 bits per heavy atom. The molecule has 1 atom stereocenters. The minimum Gasteiger partial charge on any atom is -0.494 e. The maximum atomic E-state index is 14.0. The zero-order valence-electron chi connectivity index (χ0n) is 23.0. The molecule has 0 aliphatic rings. The van der Waals surface area contributed by atoms with Crippen LogP contribution in [0.1, 0.15) is 39.2 Å². The fourth-order valence-corrected chi connectivity index (χ4v) is 5.63. The number of carbonyl (C=O) groups excluding carboxylic acids is 2. The zero-order valence-corrected chi connectivity index (χ0v) is 23.9. The summed E-state index contributed by atoms with van der Waals surface area (Å²) in [6.07, 6.45) is 1.02. The molecule has 0 saturated carbocycles. The van der Waals surface area contributed by atoms with Gasteiger partial charge in [0, 0.05) is 13.1 Å². The van der Waals surface area contributed by atoms with Crippen LogP contribution in [0.25, 0.3) is 0 Å². The third-order valence-corrected chi connectivity index (χ3v) is 8.04. The van der Waals surface area contributed by atoms with E-state index in [9.17, 15) is 22.4 Å². The topological polar surface area (TPSA) is 96.0 Å². The Labute approximate surface area is 235 Å². The van der Waals surface area contributed by atoms with Crippen LogP contribution in [-0.4, -0.2) is 50.9 Å². The number of benzene rings is 3. The molecule has 3 rings (SSSR count). The molecule has 3 aromatic carbocycles. The number of nitrogens with zero attached hydrogens (tertiary/aromatic N) is 2. The third-order valence-electron chi connectivity index (χ3n) is 6.25. The largest absolute Gasteiger partial charge is 0.494 e. The second-order valence-corrected chi connectivity index (χ2v) is 11.0. The first kappa shape index (κ1) is 30.6. The van der Waals surface area contributed by atoms with Crippen molar-refractivity contribution in [3.05, 3.63) is 90.2 Å². The number of anilines is 1. The van der Waals surface area contributed by atoms with E-state index in [1.165, 1.54) is 41.3 Å². The minimum atomic E-state index is -4.16. The van der Waals surface area contributed by atoms with E-state index in [-0.39, 0.29) is 23.0 Å². The first-order valence-corrected chi connectivity index (χ1v) is 14.8. The standard InChI is InChI=1S/C30H36FN3O5S/c1-4-20-32-30(36)28(5-2)33(21-23-12-14-24(31)15-13-23)29(35)22-34(25-16-18-26(19-17-25)39-6-3)40(37,38)27-10-8-7-9-11-27/h7-19,28H,4-6,20-22H2,1-3H3,(H,32,36)/t28-/m0/s1. The monoisotopic (exact) mass is 569 g/mol. The van der Waals surface area contributed by atoms with Gasteiger partial charge >= 0.3 is 0 Å². The number of amides is 2. The van der Waals surface area contributed by atoms with Crippen molar-refractivity contribution in [2.45, 2.75) is 51.1 Å².